The summed E-state index contributed by atoms with van der Waals surface area (Å²) in [6.45, 7) is 0. The van der Waals surface area contributed by atoms with Crippen LogP contribution in [0.3, 0.4) is 0 Å². The van der Waals surface area contributed by atoms with E-state index in [0.29, 0.717) is 0 Å². The molecule has 0 saturated carbocycles. The molecule has 2 aromatic rings. The van der Waals surface area contributed by atoms with Crippen molar-refractivity contribution in [1.29, 1.82) is 10.5 Å². The topological polar surface area (TPSA) is 85.4 Å². The molecule has 0 unspecified atom stereocenters. The molecule has 0 aliphatic rings. The van der Waals surface area contributed by atoms with E-state index in [4.69, 9.17) is 10.5 Å². The van der Waals surface area contributed by atoms with E-state index < -0.39 is 11.7 Å². The number of anilines is 2. The van der Waals surface area contributed by atoms with Gasteiger partial charge in [0.2, 0.25) is 0 Å². The smallest absolute Gasteiger partial charge is 0.338 e. The molecule has 0 aliphatic carbocycles. The molecule has 5 nitrogen and oxygen atoms in total. The van der Waals surface area contributed by atoms with Crippen LogP contribution < -0.4 is 5.32 Å². The van der Waals surface area contributed by atoms with Crippen molar-refractivity contribution in [2.24, 2.45) is 0 Å². The van der Waals surface area contributed by atoms with E-state index in [1.165, 1.54) is 12.4 Å². The zero-order valence-corrected chi connectivity index (χ0v) is 10.3. The maximum absolute atomic E-state index is 12.6. The van der Waals surface area contributed by atoms with Crippen LogP contribution in [-0.4, -0.2) is 9.97 Å². The number of nitriles is 2. The Balaban J connectivity index is 2.32. The Morgan fingerprint density at radius 3 is 2.33 bits per heavy atom. The van der Waals surface area contributed by atoms with E-state index in [0.717, 1.165) is 18.2 Å². The second-order valence-corrected chi connectivity index (χ2v) is 3.89. The number of alkyl halides is 3. The van der Waals surface area contributed by atoms with Gasteiger partial charge in [-0.25, -0.2) is 9.97 Å². The highest BCUT2D eigenvalue weighted by Crippen LogP contribution is 2.32. The summed E-state index contributed by atoms with van der Waals surface area (Å²) in [5.74, 6) is 0.213. The summed E-state index contributed by atoms with van der Waals surface area (Å²) in [5, 5.41) is 20.2. The van der Waals surface area contributed by atoms with Gasteiger partial charge < -0.3 is 5.32 Å². The second kappa shape index (κ2) is 5.47. The molecule has 8 heteroatoms. The van der Waals surface area contributed by atoms with Gasteiger partial charge in [-0.3, -0.25) is 0 Å². The van der Waals surface area contributed by atoms with E-state index in [-0.39, 0.29) is 22.8 Å². The van der Waals surface area contributed by atoms with Crippen LogP contribution >= 0.6 is 0 Å². The highest BCUT2D eigenvalue weighted by molar-refractivity contribution is 5.65. The van der Waals surface area contributed by atoms with Crippen molar-refractivity contribution in [3.8, 4) is 12.1 Å². The van der Waals surface area contributed by atoms with Gasteiger partial charge in [0.1, 0.15) is 18.0 Å². The van der Waals surface area contributed by atoms with Crippen LogP contribution in [0, 0.1) is 22.7 Å². The number of aromatic nitrogens is 2. The van der Waals surface area contributed by atoms with Crippen molar-refractivity contribution in [1.82, 2.24) is 9.97 Å². The van der Waals surface area contributed by atoms with Crippen molar-refractivity contribution in [2.75, 3.05) is 5.32 Å². The SMILES string of the molecule is N#Cc1cnc(Nc2ccc(C(F)(F)F)cc2C#N)cn1. The molecule has 0 fully saturated rings. The first kappa shape index (κ1) is 14.3. The Bertz CT molecular complexity index is 738. The molecule has 1 aromatic heterocycles. The number of hydrogen-bond acceptors (Lipinski definition) is 5. The third kappa shape index (κ3) is 3.25. The molecule has 0 saturated heterocycles. The minimum Gasteiger partial charge on any atom is -0.338 e. The van der Waals surface area contributed by atoms with E-state index in [1.807, 2.05) is 0 Å². The molecule has 1 N–H and O–H groups in total. The molecule has 1 aromatic carbocycles. The van der Waals surface area contributed by atoms with Crippen LogP contribution in [0.5, 0.6) is 0 Å². The molecule has 0 spiro atoms. The number of nitrogens with zero attached hydrogens (tertiary/aromatic N) is 4. The Kier molecular flexibility index (Phi) is 3.72. The van der Waals surface area contributed by atoms with Crippen molar-refractivity contribution in [3.63, 3.8) is 0 Å². The van der Waals surface area contributed by atoms with E-state index in [2.05, 4.69) is 15.3 Å². The fraction of sp³-hybridized carbons (Fsp3) is 0.0769. The van der Waals surface area contributed by atoms with Crippen LogP contribution in [0.25, 0.3) is 0 Å². The predicted octanol–water partition coefficient (Wildman–Crippen LogP) is 2.98. The quantitative estimate of drug-likeness (QED) is 0.918. The maximum atomic E-state index is 12.6. The average molecular weight is 289 g/mol. The minimum absolute atomic E-state index is 0.105. The summed E-state index contributed by atoms with van der Waals surface area (Å²) < 4.78 is 37.7. The fourth-order valence-electron chi connectivity index (χ4n) is 1.51. The zero-order chi connectivity index (χ0) is 15.5. The van der Waals surface area contributed by atoms with Crippen molar-refractivity contribution < 1.29 is 13.2 Å². The number of hydrogen-bond donors (Lipinski definition) is 1. The Morgan fingerprint density at radius 1 is 1.05 bits per heavy atom. The first-order valence-corrected chi connectivity index (χ1v) is 5.54. The molecule has 0 amide bonds. The third-order valence-corrected chi connectivity index (χ3v) is 2.50. The molecule has 104 valence electrons. The number of rotatable bonds is 2. The predicted molar refractivity (Wildman–Crippen MR) is 66.2 cm³/mol. The first-order chi connectivity index (χ1) is 9.94. The summed E-state index contributed by atoms with van der Waals surface area (Å²) in [7, 11) is 0. The number of benzene rings is 1. The summed E-state index contributed by atoms with van der Waals surface area (Å²) in [4.78, 5) is 7.62. The lowest BCUT2D eigenvalue weighted by atomic mass is 10.1. The normalized spacial score (nSPS) is 10.5. The molecule has 0 atom stereocenters. The highest BCUT2D eigenvalue weighted by Gasteiger charge is 2.31. The van der Waals surface area contributed by atoms with Crippen LogP contribution in [0.15, 0.2) is 30.6 Å². The Morgan fingerprint density at radius 2 is 1.81 bits per heavy atom. The monoisotopic (exact) mass is 289 g/mol. The maximum Gasteiger partial charge on any atom is 0.416 e. The molecule has 21 heavy (non-hydrogen) atoms. The molecule has 1 heterocycles. The fourth-order valence-corrected chi connectivity index (χ4v) is 1.51. The average Bonchev–Trinajstić information content (AvgIpc) is 2.47. The lowest BCUT2D eigenvalue weighted by molar-refractivity contribution is -0.137. The summed E-state index contributed by atoms with van der Waals surface area (Å²) >= 11 is 0. The van der Waals surface area contributed by atoms with Gasteiger partial charge in [-0.05, 0) is 18.2 Å². The zero-order valence-electron chi connectivity index (χ0n) is 10.3. The molecule has 0 radical (unpaired) electrons. The molecule has 0 aliphatic heterocycles. The standard InChI is InChI=1S/C13H6F3N5/c14-13(15,16)9-1-2-11(8(3-9)4-17)21-12-7-19-10(5-18)6-20-12/h1-3,6-7H,(H,20,21). The summed E-state index contributed by atoms with van der Waals surface area (Å²) in [5.41, 5.74) is -0.801. The number of nitrogens with one attached hydrogen (secondary N) is 1. The van der Waals surface area contributed by atoms with Crippen LogP contribution in [0.2, 0.25) is 0 Å². The van der Waals surface area contributed by atoms with Gasteiger partial charge in [-0.1, -0.05) is 0 Å². The molecular formula is C13H6F3N5. The Hall–Kier alpha value is -3.13. The van der Waals surface area contributed by atoms with Crippen LogP contribution in [0.1, 0.15) is 16.8 Å². The molecule has 2 rings (SSSR count). The van der Waals surface area contributed by atoms with Gasteiger partial charge in [0, 0.05) is 0 Å². The van der Waals surface area contributed by atoms with Gasteiger partial charge in [0.15, 0.2) is 5.69 Å². The van der Waals surface area contributed by atoms with E-state index in [1.54, 1.807) is 12.1 Å². The van der Waals surface area contributed by atoms with Gasteiger partial charge in [0.05, 0.1) is 29.2 Å². The van der Waals surface area contributed by atoms with Crippen LogP contribution in [-0.2, 0) is 6.18 Å². The van der Waals surface area contributed by atoms with Crippen LogP contribution in [0.4, 0.5) is 24.7 Å². The van der Waals surface area contributed by atoms with E-state index >= 15 is 0 Å². The van der Waals surface area contributed by atoms with Crippen molar-refractivity contribution in [3.05, 3.63) is 47.4 Å². The van der Waals surface area contributed by atoms with Gasteiger partial charge in [-0.15, -0.1) is 0 Å². The van der Waals surface area contributed by atoms with Crippen molar-refractivity contribution in [2.45, 2.75) is 6.18 Å². The molecule has 0 bridgehead atoms. The van der Waals surface area contributed by atoms with Crippen molar-refractivity contribution >= 4 is 11.5 Å². The van der Waals surface area contributed by atoms with E-state index in [9.17, 15) is 13.2 Å². The lowest BCUT2D eigenvalue weighted by Crippen LogP contribution is -2.06. The number of halogens is 3. The van der Waals surface area contributed by atoms with Gasteiger partial charge in [0.25, 0.3) is 0 Å². The van der Waals surface area contributed by atoms with Gasteiger partial charge >= 0.3 is 6.18 Å². The summed E-state index contributed by atoms with van der Waals surface area (Å²) in [6, 6.07) is 6.22. The lowest BCUT2D eigenvalue weighted by Gasteiger charge is -2.11. The largest absolute Gasteiger partial charge is 0.416 e. The summed E-state index contributed by atoms with van der Waals surface area (Å²) in [6.07, 6.45) is -2.06. The third-order valence-electron chi connectivity index (χ3n) is 2.50. The molecular weight excluding hydrogens is 283 g/mol. The Labute approximate surface area is 117 Å². The second-order valence-electron chi connectivity index (χ2n) is 3.89. The first-order valence-electron chi connectivity index (χ1n) is 5.54. The van der Waals surface area contributed by atoms with Gasteiger partial charge in [-0.2, -0.15) is 23.7 Å². The highest BCUT2D eigenvalue weighted by atomic mass is 19.4. The minimum atomic E-state index is -4.52.